The molecule has 2 unspecified atom stereocenters. The van der Waals surface area contributed by atoms with Crippen molar-refractivity contribution < 1.29 is 28.5 Å². The molecule has 10 heteroatoms. The molecular weight excluding hydrogens is 536 g/mol. The average molecular weight is 569 g/mol. The van der Waals surface area contributed by atoms with Gasteiger partial charge < -0.3 is 30.4 Å². The topological polar surface area (TPSA) is 149 Å². The van der Waals surface area contributed by atoms with Crippen LogP contribution in [0.4, 0.5) is 11.4 Å². The largest absolute Gasteiger partial charge is 0.497 e. The Kier molecular flexibility index (Phi) is 7.28. The predicted molar refractivity (Wildman–Crippen MR) is 158 cm³/mol. The first-order valence-electron chi connectivity index (χ1n) is 14.0. The van der Waals surface area contributed by atoms with Crippen LogP contribution in [0.15, 0.2) is 48.6 Å². The van der Waals surface area contributed by atoms with E-state index in [4.69, 9.17) is 40.4 Å². The van der Waals surface area contributed by atoms with Gasteiger partial charge in [-0.3, -0.25) is 9.97 Å². The molecule has 10 nitrogen and oxygen atoms in total. The number of nitrogens with zero attached hydrogens (tertiary/aromatic N) is 2. The number of rotatable bonds is 6. The lowest BCUT2D eigenvalue weighted by Crippen LogP contribution is -2.20. The molecule has 2 aliphatic carbocycles. The summed E-state index contributed by atoms with van der Waals surface area (Å²) in [5.74, 6) is 0.0538. The Morgan fingerprint density at radius 3 is 1.57 bits per heavy atom. The molecule has 0 saturated heterocycles. The summed E-state index contributed by atoms with van der Waals surface area (Å²) < 4.78 is 22.1. The lowest BCUT2D eigenvalue weighted by atomic mass is 9.90. The summed E-state index contributed by atoms with van der Waals surface area (Å²) in [6.45, 7) is 0. The van der Waals surface area contributed by atoms with Gasteiger partial charge in [-0.1, -0.05) is 0 Å². The van der Waals surface area contributed by atoms with Gasteiger partial charge >= 0.3 is 11.9 Å². The third kappa shape index (κ3) is 5.04. The average Bonchev–Trinajstić information content (AvgIpc) is 2.99. The Bertz CT molecular complexity index is 1620. The number of anilines is 2. The molecule has 2 heterocycles. The lowest BCUT2D eigenvalue weighted by Gasteiger charge is -2.27. The van der Waals surface area contributed by atoms with E-state index in [9.17, 15) is 9.59 Å². The second-order valence-electron chi connectivity index (χ2n) is 10.5. The van der Waals surface area contributed by atoms with Crippen LogP contribution in [0.2, 0.25) is 0 Å². The quantitative estimate of drug-likeness (QED) is 0.239. The molecule has 0 bridgehead atoms. The van der Waals surface area contributed by atoms with Crippen molar-refractivity contribution in [3.63, 3.8) is 0 Å². The number of nitrogen functional groups attached to an aromatic ring is 2. The van der Waals surface area contributed by atoms with Gasteiger partial charge in [-0.05, 0) is 62.8 Å². The molecule has 2 aliphatic rings. The van der Waals surface area contributed by atoms with Crippen molar-refractivity contribution in [2.45, 2.75) is 50.7 Å². The predicted octanol–water partition coefficient (Wildman–Crippen LogP) is 5.06. The van der Waals surface area contributed by atoms with Gasteiger partial charge in [-0.15, -0.1) is 0 Å². The Hall–Kier alpha value is -4.86. The molecule has 6 rings (SSSR count). The smallest absolute Gasteiger partial charge is 0.331 e. The molecule has 0 spiro atoms. The molecule has 4 aromatic rings. The number of carbonyl (C=O) groups is 2. The van der Waals surface area contributed by atoms with Gasteiger partial charge in [0.1, 0.15) is 23.7 Å². The summed E-state index contributed by atoms with van der Waals surface area (Å²) in [6.07, 6.45) is 5.29. The fraction of sp³-hybridized carbons (Fsp3) is 0.312. The Morgan fingerprint density at radius 2 is 1.17 bits per heavy atom. The number of carbonyl (C=O) groups excluding carboxylic acids is 2. The standard InChI is InChI=1S/C32H32N4O6/c1-39-17-9-11-19-23(15-17)35-21-5-3-7-25(29(21)31(19)33)41-27(37)13-14-28(38)42-26-8-4-6-22-30(26)32(34)20-12-10-18(40-2)16-24(20)36-22/h9-16,25-26H,3-8H2,1-2H3,(H2,33,35)(H2,34,36)/b14-13-. The molecule has 0 amide bonds. The molecule has 0 fully saturated rings. The number of fused-ring (bicyclic) bond motifs is 4. The molecule has 2 atom stereocenters. The van der Waals surface area contributed by atoms with Crippen LogP contribution in [0.1, 0.15) is 60.4 Å². The van der Waals surface area contributed by atoms with Crippen molar-refractivity contribution in [2.75, 3.05) is 25.7 Å². The first-order chi connectivity index (χ1) is 20.4. The van der Waals surface area contributed by atoms with E-state index in [1.165, 1.54) is 0 Å². The summed E-state index contributed by atoms with van der Waals surface area (Å²) in [7, 11) is 3.20. The van der Waals surface area contributed by atoms with Crippen LogP contribution >= 0.6 is 0 Å². The van der Waals surface area contributed by atoms with Crippen LogP contribution < -0.4 is 20.9 Å². The van der Waals surface area contributed by atoms with Crippen molar-refractivity contribution >= 4 is 45.1 Å². The van der Waals surface area contributed by atoms with Crippen molar-refractivity contribution in [2.24, 2.45) is 0 Å². The van der Waals surface area contributed by atoms with Gasteiger partial charge in [0.25, 0.3) is 0 Å². The molecular formula is C32H32N4O6. The van der Waals surface area contributed by atoms with Gasteiger partial charge in [0, 0.05) is 57.6 Å². The first kappa shape index (κ1) is 27.3. The van der Waals surface area contributed by atoms with Crippen molar-refractivity contribution in [1.82, 2.24) is 9.97 Å². The van der Waals surface area contributed by atoms with Gasteiger partial charge in [-0.25, -0.2) is 9.59 Å². The normalized spacial score (nSPS) is 18.0. The molecule has 2 aromatic carbocycles. The van der Waals surface area contributed by atoms with E-state index in [1.54, 1.807) is 14.2 Å². The van der Waals surface area contributed by atoms with Crippen molar-refractivity contribution in [3.8, 4) is 11.5 Å². The summed E-state index contributed by atoms with van der Waals surface area (Å²) >= 11 is 0. The summed E-state index contributed by atoms with van der Waals surface area (Å²) in [5, 5.41) is 1.54. The van der Waals surface area contributed by atoms with E-state index >= 15 is 0 Å². The number of ether oxygens (including phenoxy) is 4. The minimum absolute atomic E-state index is 0.534. The fourth-order valence-electron chi connectivity index (χ4n) is 5.96. The number of pyridine rings is 2. The lowest BCUT2D eigenvalue weighted by molar-refractivity contribution is -0.146. The molecule has 4 N–H and O–H groups in total. The van der Waals surface area contributed by atoms with Crippen molar-refractivity contribution in [3.05, 3.63) is 71.1 Å². The number of aromatic nitrogens is 2. The number of esters is 2. The SMILES string of the molecule is COc1ccc2c(N)c3c(nc2c1)CCCC3OC(=O)/C=C\C(=O)OC1CCCc2nc3cc(OC)ccc3c(N)c21. The molecule has 42 heavy (non-hydrogen) atoms. The number of benzene rings is 2. The van der Waals surface area contributed by atoms with E-state index in [0.717, 1.165) is 82.2 Å². The number of methoxy groups -OCH3 is 2. The fourth-order valence-corrected chi connectivity index (χ4v) is 5.96. The van der Waals surface area contributed by atoms with Crippen LogP contribution in [0.3, 0.4) is 0 Å². The van der Waals surface area contributed by atoms with Crippen molar-refractivity contribution in [1.29, 1.82) is 0 Å². The molecule has 0 saturated carbocycles. The molecule has 2 aromatic heterocycles. The summed E-state index contributed by atoms with van der Waals surface area (Å²) in [5.41, 5.74) is 18.6. The van der Waals surface area contributed by atoms with E-state index in [1.807, 2.05) is 36.4 Å². The third-order valence-electron chi connectivity index (χ3n) is 7.98. The molecule has 216 valence electrons. The maximum atomic E-state index is 12.8. The van der Waals surface area contributed by atoms with Crippen LogP contribution in [0.5, 0.6) is 11.5 Å². The monoisotopic (exact) mass is 568 g/mol. The van der Waals surface area contributed by atoms with E-state index < -0.39 is 24.1 Å². The number of nitrogens with two attached hydrogens (primary N) is 2. The summed E-state index contributed by atoms with van der Waals surface area (Å²) in [4.78, 5) is 35.1. The highest BCUT2D eigenvalue weighted by Gasteiger charge is 2.30. The van der Waals surface area contributed by atoms with Crippen LogP contribution in [-0.2, 0) is 31.9 Å². The van der Waals surface area contributed by atoms with Gasteiger partial charge in [0.15, 0.2) is 0 Å². The van der Waals surface area contributed by atoms with Crippen LogP contribution in [0.25, 0.3) is 21.8 Å². The maximum Gasteiger partial charge on any atom is 0.331 e. The zero-order chi connectivity index (χ0) is 29.4. The molecule has 0 radical (unpaired) electrons. The van der Waals surface area contributed by atoms with Gasteiger partial charge in [-0.2, -0.15) is 0 Å². The highest BCUT2D eigenvalue weighted by Crippen LogP contribution is 2.41. The zero-order valence-electron chi connectivity index (χ0n) is 23.5. The third-order valence-corrected chi connectivity index (χ3v) is 7.98. The maximum absolute atomic E-state index is 12.8. The summed E-state index contributed by atoms with van der Waals surface area (Å²) in [6, 6.07) is 11.0. The van der Waals surface area contributed by atoms with Crippen LogP contribution in [-0.4, -0.2) is 36.1 Å². The minimum atomic E-state index is -0.663. The van der Waals surface area contributed by atoms with E-state index in [0.29, 0.717) is 35.7 Å². The number of aryl methyl sites for hydroxylation is 2. The van der Waals surface area contributed by atoms with Crippen LogP contribution in [0, 0.1) is 0 Å². The van der Waals surface area contributed by atoms with E-state index in [-0.39, 0.29) is 0 Å². The number of hydrogen-bond acceptors (Lipinski definition) is 10. The minimum Gasteiger partial charge on any atom is -0.497 e. The highest BCUT2D eigenvalue weighted by molar-refractivity contribution is 5.95. The van der Waals surface area contributed by atoms with Gasteiger partial charge in [0.2, 0.25) is 0 Å². The van der Waals surface area contributed by atoms with E-state index in [2.05, 4.69) is 0 Å². The first-order valence-corrected chi connectivity index (χ1v) is 14.0. The number of hydrogen-bond donors (Lipinski definition) is 2. The highest BCUT2D eigenvalue weighted by atomic mass is 16.5. The molecule has 0 aliphatic heterocycles. The van der Waals surface area contributed by atoms with Gasteiger partial charge in [0.05, 0.1) is 36.6 Å². The Balaban J connectivity index is 1.17. The zero-order valence-corrected chi connectivity index (χ0v) is 23.5. The second-order valence-corrected chi connectivity index (χ2v) is 10.5. The Morgan fingerprint density at radius 1 is 0.738 bits per heavy atom. The Labute approximate surface area is 242 Å². The second kappa shape index (κ2) is 11.2.